The van der Waals surface area contributed by atoms with E-state index in [2.05, 4.69) is 0 Å². The second kappa shape index (κ2) is 10.00. The Morgan fingerprint density at radius 2 is 1.50 bits per heavy atom. The molecule has 8 heteroatoms. The van der Waals surface area contributed by atoms with E-state index in [9.17, 15) is 19.5 Å². The minimum absolute atomic E-state index is 0.148. The van der Waals surface area contributed by atoms with E-state index < -0.39 is 42.3 Å². The highest BCUT2D eigenvalue weighted by Gasteiger charge is 2.44. The van der Waals surface area contributed by atoms with Crippen LogP contribution in [0.1, 0.15) is 27.6 Å². The summed E-state index contributed by atoms with van der Waals surface area (Å²) in [6.45, 7) is 0.784. The first-order chi connectivity index (χ1) is 14.5. The van der Waals surface area contributed by atoms with E-state index in [1.54, 1.807) is 60.7 Å². The first kappa shape index (κ1) is 21.5. The average Bonchev–Trinajstić information content (AvgIpc) is 2.76. The highest BCUT2D eigenvalue weighted by Crippen LogP contribution is 2.23. The zero-order valence-corrected chi connectivity index (χ0v) is 16.3. The number of ether oxygens (including phenoxy) is 4. The standard InChI is InChI=1S/C22H22O8/c1-14(23)29-20-18(13-28-21(25)15-8-4-2-5-9-15)27-12-17(19(20)24)30-22(26)16-10-6-3-7-11-16/h2-11,17-20,24H,12-13H2,1H3/t17-,18+,19+,20-/m0/s1. The Balaban J connectivity index is 1.64. The molecule has 1 fully saturated rings. The van der Waals surface area contributed by atoms with Crippen LogP contribution in [0.5, 0.6) is 0 Å². The number of hydrogen-bond donors (Lipinski definition) is 1. The fourth-order valence-electron chi connectivity index (χ4n) is 3.02. The zero-order chi connectivity index (χ0) is 21.5. The largest absolute Gasteiger partial charge is 0.459 e. The first-order valence-corrected chi connectivity index (χ1v) is 9.41. The van der Waals surface area contributed by atoms with E-state index in [4.69, 9.17) is 18.9 Å². The van der Waals surface area contributed by atoms with Crippen molar-refractivity contribution in [1.29, 1.82) is 0 Å². The molecule has 1 N–H and O–H groups in total. The van der Waals surface area contributed by atoms with Crippen molar-refractivity contribution in [3.63, 3.8) is 0 Å². The van der Waals surface area contributed by atoms with Gasteiger partial charge in [0.05, 0.1) is 17.7 Å². The summed E-state index contributed by atoms with van der Waals surface area (Å²) < 4.78 is 21.4. The molecule has 0 spiro atoms. The summed E-state index contributed by atoms with van der Waals surface area (Å²) in [5.74, 6) is -1.87. The summed E-state index contributed by atoms with van der Waals surface area (Å²) >= 11 is 0. The van der Waals surface area contributed by atoms with Crippen LogP contribution in [0.25, 0.3) is 0 Å². The van der Waals surface area contributed by atoms with Crippen LogP contribution in [0, 0.1) is 0 Å². The predicted octanol–water partition coefficient (Wildman–Crippen LogP) is 1.76. The van der Waals surface area contributed by atoms with Gasteiger partial charge in [0.1, 0.15) is 18.8 Å². The summed E-state index contributed by atoms with van der Waals surface area (Å²) in [7, 11) is 0. The lowest BCUT2D eigenvalue weighted by atomic mass is 10.00. The van der Waals surface area contributed by atoms with Gasteiger partial charge >= 0.3 is 17.9 Å². The van der Waals surface area contributed by atoms with Gasteiger partial charge in [-0.2, -0.15) is 0 Å². The molecule has 0 radical (unpaired) electrons. The molecule has 0 aromatic heterocycles. The van der Waals surface area contributed by atoms with E-state index in [0.29, 0.717) is 11.1 Å². The minimum Gasteiger partial charge on any atom is -0.459 e. The molecule has 1 heterocycles. The third-order valence-corrected chi connectivity index (χ3v) is 4.52. The van der Waals surface area contributed by atoms with Crippen LogP contribution in [-0.2, 0) is 23.7 Å². The van der Waals surface area contributed by atoms with Crippen LogP contribution in [0.2, 0.25) is 0 Å². The fourth-order valence-corrected chi connectivity index (χ4v) is 3.02. The van der Waals surface area contributed by atoms with Crippen molar-refractivity contribution < 1.29 is 38.4 Å². The number of benzene rings is 2. The van der Waals surface area contributed by atoms with E-state index in [1.165, 1.54) is 6.92 Å². The molecule has 1 aliphatic rings. The van der Waals surface area contributed by atoms with Crippen LogP contribution in [-0.4, -0.2) is 60.6 Å². The quantitative estimate of drug-likeness (QED) is 0.563. The lowest BCUT2D eigenvalue weighted by Gasteiger charge is -2.38. The highest BCUT2D eigenvalue weighted by molar-refractivity contribution is 5.89. The summed E-state index contributed by atoms with van der Waals surface area (Å²) in [6, 6.07) is 16.6. The zero-order valence-electron chi connectivity index (χ0n) is 16.3. The van der Waals surface area contributed by atoms with Gasteiger partial charge in [-0.25, -0.2) is 9.59 Å². The molecule has 0 unspecified atom stereocenters. The normalized spacial score (nSPS) is 23.3. The van der Waals surface area contributed by atoms with E-state index in [0.717, 1.165) is 0 Å². The lowest BCUT2D eigenvalue weighted by Crippen LogP contribution is -2.57. The summed E-state index contributed by atoms with van der Waals surface area (Å²) in [4.78, 5) is 35.9. The van der Waals surface area contributed by atoms with Gasteiger partial charge in [-0.05, 0) is 24.3 Å². The van der Waals surface area contributed by atoms with Crippen molar-refractivity contribution in [1.82, 2.24) is 0 Å². The van der Waals surface area contributed by atoms with Gasteiger partial charge in [0.25, 0.3) is 0 Å². The Morgan fingerprint density at radius 1 is 0.933 bits per heavy atom. The Morgan fingerprint density at radius 3 is 2.07 bits per heavy atom. The molecule has 0 aliphatic carbocycles. The maximum Gasteiger partial charge on any atom is 0.338 e. The van der Waals surface area contributed by atoms with Crippen LogP contribution in [0.15, 0.2) is 60.7 Å². The Labute approximate surface area is 173 Å². The van der Waals surface area contributed by atoms with Crippen LogP contribution >= 0.6 is 0 Å². The van der Waals surface area contributed by atoms with Gasteiger partial charge in [-0.1, -0.05) is 36.4 Å². The maximum absolute atomic E-state index is 12.3. The third kappa shape index (κ3) is 5.43. The van der Waals surface area contributed by atoms with Gasteiger partial charge in [0.15, 0.2) is 12.2 Å². The molecular formula is C22H22O8. The van der Waals surface area contributed by atoms with Crippen molar-refractivity contribution in [3.05, 3.63) is 71.8 Å². The minimum atomic E-state index is -1.35. The Kier molecular flexibility index (Phi) is 7.16. The van der Waals surface area contributed by atoms with E-state index >= 15 is 0 Å². The molecule has 0 bridgehead atoms. The number of carbonyl (C=O) groups is 3. The van der Waals surface area contributed by atoms with Crippen LogP contribution in [0.4, 0.5) is 0 Å². The van der Waals surface area contributed by atoms with Gasteiger partial charge in [0, 0.05) is 6.92 Å². The molecule has 1 aliphatic heterocycles. The molecule has 0 saturated carbocycles. The Hall–Kier alpha value is -3.23. The smallest absolute Gasteiger partial charge is 0.338 e. The average molecular weight is 414 g/mol. The van der Waals surface area contributed by atoms with E-state index in [1.807, 2.05) is 0 Å². The number of aliphatic hydroxyl groups excluding tert-OH is 1. The molecule has 158 valence electrons. The molecule has 4 atom stereocenters. The number of aliphatic hydroxyl groups is 1. The van der Waals surface area contributed by atoms with Crippen molar-refractivity contribution >= 4 is 17.9 Å². The third-order valence-electron chi connectivity index (χ3n) is 4.52. The second-order valence-electron chi connectivity index (χ2n) is 6.71. The van der Waals surface area contributed by atoms with Crippen molar-refractivity contribution in [2.75, 3.05) is 13.2 Å². The number of hydrogen-bond acceptors (Lipinski definition) is 8. The molecule has 2 aromatic rings. The van der Waals surface area contributed by atoms with Gasteiger partial charge in [0.2, 0.25) is 0 Å². The molecular weight excluding hydrogens is 392 g/mol. The van der Waals surface area contributed by atoms with Crippen molar-refractivity contribution in [3.8, 4) is 0 Å². The fraction of sp³-hybridized carbons (Fsp3) is 0.318. The monoisotopic (exact) mass is 414 g/mol. The summed E-state index contributed by atoms with van der Waals surface area (Å²) in [5, 5.41) is 10.7. The molecule has 0 amide bonds. The van der Waals surface area contributed by atoms with Crippen molar-refractivity contribution in [2.45, 2.75) is 31.3 Å². The van der Waals surface area contributed by atoms with Crippen LogP contribution < -0.4 is 0 Å². The van der Waals surface area contributed by atoms with E-state index in [-0.39, 0.29) is 13.2 Å². The van der Waals surface area contributed by atoms with Gasteiger partial charge in [-0.15, -0.1) is 0 Å². The summed E-state index contributed by atoms with van der Waals surface area (Å²) in [5.41, 5.74) is 0.667. The first-order valence-electron chi connectivity index (χ1n) is 9.41. The molecule has 2 aromatic carbocycles. The predicted molar refractivity (Wildman–Crippen MR) is 104 cm³/mol. The molecule has 30 heavy (non-hydrogen) atoms. The second-order valence-corrected chi connectivity index (χ2v) is 6.71. The molecule has 1 saturated heterocycles. The summed E-state index contributed by atoms with van der Waals surface area (Å²) in [6.07, 6.45) is -4.49. The SMILES string of the molecule is CC(=O)O[C@@H]1[C@H](O)[C@@H](OC(=O)c2ccccc2)CO[C@@H]1COC(=O)c1ccccc1. The van der Waals surface area contributed by atoms with Crippen molar-refractivity contribution in [2.24, 2.45) is 0 Å². The Bertz CT molecular complexity index is 865. The molecule has 8 nitrogen and oxygen atoms in total. The van der Waals surface area contributed by atoms with Crippen LogP contribution in [0.3, 0.4) is 0 Å². The topological polar surface area (TPSA) is 108 Å². The number of esters is 3. The maximum atomic E-state index is 12.3. The number of carbonyl (C=O) groups excluding carboxylic acids is 3. The lowest BCUT2D eigenvalue weighted by molar-refractivity contribution is -0.212. The highest BCUT2D eigenvalue weighted by atomic mass is 16.6. The molecule has 3 rings (SSSR count). The van der Waals surface area contributed by atoms with Gasteiger partial charge in [-0.3, -0.25) is 4.79 Å². The number of rotatable bonds is 6. The van der Waals surface area contributed by atoms with Gasteiger partial charge < -0.3 is 24.1 Å².